The number of nitrogens with one attached hydrogen (secondary N) is 1. The van der Waals surface area contributed by atoms with Gasteiger partial charge in [-0.05, 0) is 51.5 Å². The van der Waals surface area contributed by atoms with E-state index >= 15 is 0 Å². The van der Waals surface area contributed by atoms with Gasteiger partial charge < -0.3 is 15.0 Å². The van der Waals surface area contributed by atoms with Crippen LogP contribution >= 0.6 is 11.6 Å². The molecule has 1 aliphatic heterocycles. The minimum absolute atomic E-state index is 0.0639. The van der Waals surface area contributed by atoms with Crippen LogP contribution in [0.3, 0.4) is 0 Å². The molecule has 1 saturated heterocycles. The minimum Gasteiger partial charge on any atom is -0.444 e. The Balaban J connectivity index is 1.58. The summed E-state index contributed by atoms with van der Waals surface area (Å²) in [5.41, 5.74) is -1.82. The molecule has 0 saturated carbocycles. The molecule has 4 rings (SSSR count). The number of likely N-dealkylation sites (tertiary alicyclic amines) is 1. The van der Waals surface area contributed by atoms with E-state index in [2.05, 4.69) is 20.4 Å². The molecule has 1 N–H and O–H groups in total. The molecule has 0 aliphatic carbocycles. The van der Waals surface area contributed by atoms with Crippen LogP contribution in [0.5, 0.6) is 0 Å². The number of alkyl halides is 4. The first-order chi connectivity index (χ1) is 16.3. The molecule has 2 aromatic heterocycles. The number of amides is 1. The van der Waals surface area contributed by atoms with Gasteiger partial charge in [0.1, 0.15) is 17.3 Å². The van der Waals surface area contributed by atoms with E-state index in [4.69, 9.17) is 16.3 Å². The summed E-state index contributed by atoms with van der Waals surface area (Å²) in [6, 6.07) is 5.35. The highest BCUT2D eigenvalue weighted by Crippen LogP contribution is 2.34. The van der Waals surface area contributed by atoms with Crippen LogP contribution in [0.25, 0.3) is 16.9 Å². The highest BCUT2D eigenvalue weighted by Gasteiger charge is 2.38. The molecule has 1 aromatic carbocycles. The van der Waals surface area contributed by atoms with E-state index in [1.807, 2.05) is 0 Å². The maximum atomic E-state index is 14.9. The number of imidazole rings is 1. The molecule has 3 aromatic rings. The maximum absolute atomic E-state index is 14.9. The molecule has 35 heavy (non-hydrogen) atoms. The molecule has 13 heteroatoms. The summed E-state index contributed by atoms with van der Waals surface area (Å²) in [7, 11) is 0. The summed E-state index contributed by atoms with van der Waals surface area (Å²) < 4.78 is 61.9. The zero-order valence-corrected chi connectivity index (χ0v) is 19.9. The number of piperidine rings is 1. The SMILES string of the molecule is CC(C)(C)OC(=O)N1CC[C@@H](Nc2ncc3c(C(F)(F)F)nc(-c4ccc(Cl)cc4)n3n2)[C@H](F)C1. The van der Waals surface area contributed by atoms with Gasteiger partial charge in [0.05, 0.1) is 18.8 Å². The summed E-state index contributed by atoms with van der Waals surface area (Å²) in [6.45, 7) is 5.19. The number of halogens is 5. The molecule has 1 fully saturated rings. The van der Waals surface area contributed by atoms with Crippen molar-refractivity contribution in [2.75, 3.05) is 18.4 Å². The number of hydrogen-bond donors (Lipinski definition) is 1. The van der Waals surface area contributed by atoms with Gasteiger partial charge in [-0.1, -0.05) is 11.6 Å². The number of ether oxygens (including phenoxy) is 1. The highest BCUT2D eigenvalue weighted by atomic mass is 35.5. The largest absolute Gasteiger partial charge is 0.444 e. The third-order valence-electron chi connectivity index (χ3n) is 5.27. The first-order valence-corrected chi connectivity index (χ1v) is 11.2. The first kappa shape index (κ1) is 25.0. The topological polar surface area (TPSA) is 84.6 Å². The Bertz CT molecular complexity index is 1230. The number of anilines is 1. The molecular formula is C22H23ClF4N6O2. The van der Waals surface area contributed by atoms with Gasteiger partial charge in [0.25, 0.3) is 0 Å². The molecule has 8 nitrogen and oxygen atoms in total. The summed E-state index contributed by atoms with van der Waals surface area (Å²) >= 11 is 5.89. The van der Waals surface area contributed by atoms with Crippen molar-refractivity contribution in [1.82, 2.24) is 24.5 Å². The Morgan fingerprint density at radius 1 is 1.20 bits per heavy atom. The van der Waals surface area contributed by atoms with E-state index in [0.717, 1.165) is 10.7 Å². The van der Waals surface area contributed by atoms with Gasteiger partial charge in [-0.25, -0.2) is 23.7 Å². The number of carbonyl (C=O) groups is 1. The summed E-state index contributed by atoms with van der Waals surface area (Å²) in [4.78, 5) is 21.2. The van der Waals surface area contributed by atoms with Crippen LogP contribution in [0.1, 0.15) is 32.9 Å². The Morgan fingerprint density at radius 3 is 2.49 bits per heavy atom. The maximum Gasteiger partial charge on any atom is 0.435 e. The van der Waals surface area contributed by atoms with Crippen LogP contribution in [-0.2, 0) is 10.9 Å². The molecule has 0 radical (unpaired) electrons. The quantitative estimate of drug-likeness (QED) is 0.482. The van der Waals surface area contributed by atoms with Gasteiger partial charge >= 0.3 is 12.3 Å². The van der Waals surface area contributed by atoms with Gasteiger partial charge in [0.15, 0.2) is 11.5 Å². The van der Waals surface area contributed by atoms with Crippen molar-refractivity contribution >= 4 is 29.2 Å². The second-order valence-electron chi connectivity index (χ2n) is 9.15. The van der Waals surface area contributed by atoms with E-state index in [9.17, 15) is 22.4 Å². The summed E-state index contributed by atoms with van der Waals surface area (Å²) in [5, 5.41) is 7.42. The molecule has 3 heterocycles. The zero-order valence-electron chi connectivity index (χ0n) is 19.1. The molecule has 0 bridgehead atoms. The number of benzene rings is 1. The smallest absolute Gasteiger partial charge is 0.435 e. The molecule has 2 atom stereocenters. The molecule has 188 valence electrons. The third kappa shape index (κ3) is 5.58. The van der Waals surface area contributed by atoms with Gasteiger partial charge in [-0.15, -0.1) is 5.10 Å². The van der Waals surface area contributed by atoms with E-state index in [1.165, 1.54) is 29.2 Å². The van der Waals surface area contributed by atoms with Crippen LogP contribution in [0, 0.1) is 0 Å². The zero-order chi connectivity index (χ0) is 25.5. The fourth-order valence-corrected chi connectivity index (χ4v) is 3.80. The monoisotopic (exact) mass is 514 g/mol. The average molecular weight is 515 g/mol. The van der Waals surface area contributed by atoms with Crippen LogP contribution < -0.4 is 5.32 Å². The number of carbonyl (C=O) groups excluding carboxylic acids is 1. The lowest BCUT2D eigenvalue weighted by Gasteiger charge is -2.35. The predicted molar refractivity (Wildman–Crippen MR) is 121 cm³/mol. The van der Waals surface area contributed by atoms with Crippen molar-refractivity contribution in [1.29, 1.82) is 0 Å². The second kappa shape index (κ2) is 9.14. The van der Waals surface area contributed by atoms with Crippen molar-refractivity contribution in [2.45, 2.75) is 51.2 Å². The van der Waals surface area contributed by atoms with Crippen molar-refractivity contribution < 1.29 is 27.1 Å². The van der Waals surface area contributed by atoms with Crippen LogP contribution in [0.4, 0.5) is 28.3 Å². The Morgan fingerprint density at radius 2 is 1.89 bits per heavy atom. The van der Waals surface area contributed by atoms with E-state index < -0.39 is 35.8 Å². The fraction of sp³-hybridized carbons (Fsp3) is 0.455. The van der Waals surface area contributed by atoms with E-state index in [-0.39, 0.29) is 36.8 Å². The van der Waals surface area contributed by atoms with Crippen molar-refractivity contribution in [3.63, 3.8) is 0 Å². The Labute approximate surface area is 203 Å². The lowest BCUT2D eigenvalue weighted by molar-refractivity contribution is -0.139. The van der Waals surface area contributed by atoms with Crippen molar-refractivity contribution in [2.24, 2.45) is 0 Å². The highest BCUT2D eigenvalue weighted by molar-refractivity contribution is 6.30. The van der Waals surface area contributed by atoms with Gasteiger partial charge in [0, 0.05) is 17.1 Å². The van der Waals surface area contributed by atoms with Gasteiger partial charge in [-0.3, -0.25) is 0 Å². The molecule has 1 aliphatic rings. The molecule has 1 amide bonds. The summed E-state index contributed by atoms with van der Waals surface area (Å²) in [5.74, 6) is -0.136. The van der Waals surface area contributed by atoms with E-state index in [0.29, 0.717) is 10.6 Å². The van der Waals surface area contributed by atoms with E-state index in [1.54, 1.807) is 20.8 Å². The number of hydrogen-bond acceptors (Lipinski definition) is 6. The third-order valence-corrected chi connectivity index (χ3v) is 5.52. The first-order valence-electron chi connectivity index (χ1n) is 10.8. The predicted octanol–water partition coefficient (Wildman–Crippen LogP) is 5.22. The molecule has 0 unspecified atom stereocenters. The van der Waals surface area contributed by atoms with Gasteiger partial charge in [0.2, 0.25) is 5.95 Å². The van der Waals surface area contributed by atoms with Crippen molar-refractivity contribution in [3.05, 3.63) is 41.2 Å². The number of aromatic nitrogens is 4. The number of fused-ring (bicyclic) bond motifs is 1. The minimum atomic E-state index is -4.73. The van der Waals surface area contributed by atoms with Crippen molar-refractivity contribution in [3.8, 4) is 11.4 Å². The number of nitrogens with zero attached hydrogens (tertiary/aromatic N) is 5. The Hall–Kier alpha value is -3.15. The fourth-order valence-electron chi connectivity index (χ4n) is 3.67. The van der Waals surface area contributed by atoms with Crippen LogP contribution in [0.2, 0.25) is 5.02 Å². The standard InChI is InChI=1S/C22H23ClF4N6O2/c1-21(2,3)35-20(34)32-9-8-15(14(24)11-32)29-19-28-10-16-17(22(25,26)27)30-18(33(16)31-19)12-4-6-13(23)7-5-12/h4-7,10,14-15H,8-9,11H2,1-3H3,(H,29,31)/t14-,15-/m1/s1. The lowest BCUT2D eigenvalue weighted by atomic mass is 10.0. The Kier molecular flexibility index (Phi) is 6.52. The lowest BCUT2D eigenvalue weighted by Crippen LogP contribution is -2.51. The second-order valence-corrected chi connectivity index (χ2v) is 9.59. The van der Waals surface area contributed by atoms with Crippen LogP contribution in [-0.4, -0.2) is 61.5 Å². The number of rotatable bonds is 3. The molecule has 0 spiro atoms. The van der Waals surface area contributed by atoms with Crippen LogP contribution in [0.15, 0.2) is 30.5 Å². The van der Waals surface area contributed by atoms with Gasteiger partial charge in [-0.2, -0.15) is 13.2 Å². The molecular weight excluding hydrogens is 492 g/mol. The summed E-state index contributed by atoms with van der Waals surface area (Å²) in [6.07, 6.45) is -5.59. The average Bonchev–Trinajstić information content (AvgIpc) is 3.14. The normalized spacial score (nSPS) is 19.1.